The minimum absolute atomic E-state index is 0.292. The summed E-state index contributed by atoms with van der Waals surface area (Å²) in [4.78, 5) is 12.2. The van der Waals surface area contributed by atoms with Gasteiger partial charge in [0.25, 0.3) is 0 Å². The first-order valence-corrected chi connectivity index (χ1v) is 6.10. The molecule has 0 N–H and O–H groups in total. The summed E-state index contributed by atoms with van der Waals surface area (Å²) >= 11 is 0. The Morgan fingerprint density at radius 2 is 1.72 bits per heavy atom. The first-order valence-electron chi connectivity index (χ1n) is 6.10. The van der Waals surface area contributed by atoms with E-state index in [1.54, 1.807) is 6.07 Å². The molecule has 2 heterocycles. The Kier molecular flexibility index (Phi) is 1.99. The maximum atomic E-state index is 12.2. The fourth-order valence-corrected chi connectivity index (χ4v) is 2.45. The van der Waals surface area contributed by atoms with Gasteiger partial charge in [-0.15, -0.1) is 0 Å². The van der Waals surface area contributed by atoms with Crippen LogP contribution in [-0.4, -0.2) is 5.60 Å². The number of ether oxygens (including phenoxy) is 1. The van der Waals surface area contributed by atoms with Gasteiger partial charge in [-0.1, -0.05) is 26.0 Å². The molecule has 0 bridgehead atoms. The highest BCUT2D eigenvalue weighted by atomic mass is 16.5. The van der Waals surface area contributed by atoms with Crippen molar-refractivity contribution < 1.29 is 9.15 Å². The standard InChI is InChI=1S/C15H16O3/c1-14(2)11-12(18-15(14,3)4)9-7-5-6-8-10(9)17-13(11)16/h5-8H,1-4H3. The number of rotatable bonds is 0. The van der Waals surface area contributed by atoms with Gasteiger partial charge in [-0.25, -0.2) is 4.79 Å². The second-order valence-electron chi connectivity index (χ2n) is 5.83. The minimum Gasteiger partial charge on any atom is -0.486 e. The van der Waals surface area contributed by atoms with E-state index in [9.17, 15) is 4.79 Å². The van der Waals surface area contributed by atoms with Gasteiger partial charge in [0.1, 0.15) is 16.9 Å². The maximum Gasteiger partial charge on any atom is 0.343 e. The van der Waals surface area contributed by atoms with E-state index in [0.29, 0.717) is 16.9 Å². The molecule has 94 valence electrons. The van der Waals surface area contributed by atoms with Crippen molar-refractivity contribution in [1.29, 1.82) is 0 Å². The summed E-state index contributed by atoms with van der Waals surface area (Å²) in [7, 11) is 0. The highest BCUT2D eigenvalue weighted by molar-refractivity contribution is 5.85. The molecular weight excluding hydrogens is 228 g/mol. The van der Waals surface area contributed by atoms with Crippen LogP contribution in [0.5, 0.6) is 5.75 Å². The van der Waals surface area contributed by atoms with Crippen molar-refractivity contribution in [2.24, 2.45) is 0 Å². The van der Waals surface area contributed by atoms with Crippen LogP contribution in [0.4, 0.5) is 0 Å². The fraction of sp³-hybridized carbons (Fsp3) is 0.400. The third-order valence-corrected chi connectivity index (χ3v) is 4.25. The molecule has 1 aliphatic rings. The molecule has 1 aromatic heterocycles. The first-order chi connectivity index (χ1) is 8.34. The van der Waals surface area contributed by atoms with Gasteiger partial charge in [0.15, 0.2) is 0 Å². The lowest BCUT2D eigenvalue weighted by molar-refractivity contribution is 0.0720. The molecule has 0 unspecified atom stereocenters. The van der Waals surface area contributed by atoms with E-state index in [4.69, 9.17) is 9.15 Å². The lowest BCUT2D eigenvalue weighted by Gasteiger charge is -2.32. The van der Waals surface area contributed by atoms with Crippen molar-refractivity contribution in [2.45, 2.75) is 38.7 Å². The zero-order chi connectivity index (χ0) is 13.1. The molecule has 0 amide bonds. The molecule has 0 fully saturated rings. The Labute approximate surface area is 105 Å². The van der Waals surface area contributed by atoms with Crippen molar-refractivity contribution in [3.05, 3.63) is 40.2 Å². The van der Waals surface area contributed by atoms with Gasteiger partial charge in [-0.3, -0.25) is 0 Å². The van der Waals surface area contributed by atoms with E-state index >= 15 is 0 Å². The van der Waals surface area contributed by atoms with Crippen LogP contribution in [0.1, 0.15) is 33.3 Å². The third kappa shape index (κ3) is 1.22. The lowest BCUT2D eigenvalue weighted by atomic mass is 9.74. The third-order valence-electron chi connectivity index (χ3n) is 4.25. The average molecular weight is 244 g/mol. The van der Waals surface area contributed by atoms with Gasteiger partial charge < -0.3 is 9.15 Å². The number of hydrogen-bond acceptors (Lipinski definition) is 3. The van der Waals surface area contributed by atoms with Crippen LogP contribution in [0.2, 0.25) is 0 Å². The van der Waals surface area contributed by atoms with Crippen molar-refractivity contribution >= 4 is 11.0 Å². The largest absolute Gasteiger partial charge is 0.486 e. The molecule has 0 spiro atoms. The van der Waals surface area contributed by atoms with Gasteiger partial charge in [0.05, 0.1) is 10.9 Å². The van der Waals surface area contributed by atoms with Crippen molar-refractivity contribution in [3.63, 3.8) is 0 Å². The van der Waals surface area contributed by atoms with Gasteiger partial charge in [-0.05, 0) is 26.0 Å². The molecule has 0 saturated heterocycles. The molecule has 3 heteroatoms. The minimum atomic E-state index is -0.422. The van der Waals surface area contributed by atoms with Crippen LogP contribution in [0.15, 0.2) is 33.5 Å². The summed E-state index contributed by atoms with van der Waals surface area (Å²) in [6, 6.07) is 7.49. The van der Waals surface area contributed by atoms with Crippen LogP contribution in [-0.2, 0) is 5.41 Å². The van der Waals surface area contributed by atoms with E-state index in [-0.39, 0.29) is 11.0 Å². The molecule has 1 aliphatic heterocycles. The highest BCUT2D eigenvalue weighted by Gasteiger charge is 2.51. The zero-order valence-electron chi connectivity index (χ0n) is 11.0. The smallest absolute Gasteiger partial charge is 0.343 e. The lowest BCUT2D eigenvalue weighted by Crippen LogP contribution is -2.43. The van der Waals surface area contributed by atoms with Gasteiger partial charge in [0.2, 0.25) is 0 Å². The Balaban J connectivity index is 2.47. The predicted octanol–water partition coefficient (Wildman–Crippen LogP) is 3.24. The van der Waals surface area contributed by atoms with Gasteiger partial charge >= 0.3 is 5.63 Å². The van der Waals surface area contributed by atoms with Gasteiger partial charge in [-0.2, -0.15) is 0 Å². The van der Waals surface area contributed by atoms with E-state index in [1.807, 2.05) is 45.9 Å². The molecule has 0 saturated carbocycles. The van der Waals surface area contributed by atoms with E-state index in [0.717, 1.165) is 5.39 Å². The summed E-state index contributed by atoms with van der Waals surface area (Å²) in [5.74, 6) is 0.678. The average Bonchev–Trinajstić information content (AvgIpc) is 2.46. The number of hydrogen-bond donors (Lipinski definition) is 0. The van der Waals surface area contributed by atoms with Crippen LogP contribution >= 0.6 is 0 Å². The predicted molar refractivity (Wildman–Crippen MR) is 70.2 cm³/mol. The van der Waals surface area contributed by atoms with E-state index < -0.39 is 5.60 Å². The van der Waals surface area contributed by atoms with E-state index in [1.165, 1.54) is 0 Å². The van der Waals surface area contributed by atoms with Crippen LogP contribution in [0, 0.1) is 0 Å². The highest BCUT2D eigenvalue weighted by Crippen LogP contribution is 2.49. The van der Waals surface area contributed by atoms with Crippen molar-refractivity contribution in [2.75, 3.05) is 0 Å². The fourth-order valence-electron chi connectivity index (χ4n) is 2.45. The molecule has 18 heavy (non-hydrogen) atoms. The maximum absolute atomic E-state index is 12.2. The number of fused-ring (bicyclic) bond motifs is 3. The summed E-state index contributed by atoms with van der Waals surface area (Å²) in [6.45, 7) is 8.04. The normalized spacial score (nSPS) is 19.6. The Bertz CT molecular complexity index is 692. The molecule has 3 nitrogen and oxygen atoms in total. The summed E-state index contributed by atoms with van der Waals surface area (Å²) < 4.78 is 11.4. The zero-order valence-corrected chi connectivity index (χ0v) is 11.0. The molecule has 0 atom stereocenters. The monoisotopic (exact) mass is 244 g/mol. The van der Waals surface area contributed by atoms with Crippen LogP contribution in [0.25, 0.3) is 11.0 Å². The topological polar surface area (TPSA) is 39.4 Å². The molecule has 3 rings (SSSR count). The second kappa shape index (κ2) is 3.16. The molecule has 0 aliphatic carbocycles. The van der Waals surface area contributed by atoms with Gasteiger partial charge in [0, 0.05) is 5.41 Å². The molecule has 2 aromatic rings. The first kappa shape index (κ1) is 11.3. The van der Waals surface area contributed by atoms with Crippen LogP contribution < -0.4 is 10.4 Å². The second-order valence-corrected chi connectivity index (χ2v) is 5.83. The summed E-state index contributed by atoms with van der Waals surface area (Å²) in [6.07, 6.45) is 0. The van der Waals surface area contributed by atoms with Crippen molar-refractivity contribution in [1.82, 2.24) is 0 Å². The quantitative estimate of drug-likeness (QED) is 0.668. The number of benzene rings is 1. The Hall–Kier alpha value is -1.77. The van der Waals surface area contributed by atoms with Crippen molar-refractivity contribution in [3.8, 4) is 5.75 Å². The summed E-state index contributed by atoms with van der Waals surface area (Å²) in [5, 5.41) is 0.866. The molecule has 1 aromatic carbocycles. The Morgan fingerprint density at radius 1 is 1.06 bits per heavy atom. The molecular formula is C15H16O3. The van der Waals surface area contributed by atoms with E-state index in [2.05, 4.69) is 0 Å². The Morgan fingerprint density at radius 3 is 2.44 bits per heavy atom. The molecule has 0 radical (unpaired) electrons. The number of para-hydroxylation sites is 1. The summed E-state index contributed by atoms with van der Waals surface area (Å²) in [5.41, 5.74) is 0.140. The van der Waals surface area contributed by atoms with Crippen LogP contribution in [0.3, 0.4) is 0 Å². The SMILES string of the molecule is CC1(C)Oc2c(c(=O)oc3ccccc23)C1(C)C.